The number of phosphoric acid groups is 1. The summed E-state index contributed by atoms with van der Waals surface area (Å²) >= 11 is 0. The maximum atomic E-state index is 11.9. The van der Waals surface area contributed by atoms with E-state index in [1.54, 1.807) is 0 Å². The summed E-state index contributed by atoms with van der Waals surface area (Å²) in [5.41, 5.74) is -1.69. The Morgan fingerprint density at radius 1 is 1.41 bits per heavy atom. The number of halogens is 3. The molecule has 0 saturated carbocycles. The molecule has 0 N–H and O–H groups in total. The normalized spacial score (nSPS) is 15.1. The van der Waals surface area contributed by atoms with Crippen molar-refractivity contribution in [2.24, 2.45) is 0 Å². The van der Waals surface area contributed by atoms with Crippen LogP contribution in [-0.2, 0) is 23.1 Å². The summed E-state index contributed by atoms with van der Waals surface area (Å²) in [5.74, 6) is -1.70. The minimum Gasteiger partial charge on any atom is -0.756 e. The molecule has 1 unspecified atom stereocenters. The largest absolute Gasteiger partial charge is 0.756 e. The van der Waals surface area contributed by atoms with Crippen LogP contribution in [0.3, 0.4) is 0 Å². The quantitative estimate of drug-likeness (QED) is 0.309. The Morgan fingerprint density at radius 3 is 2.35 bits per heavy atom. The predicted octanol–water partition coefficient (Wildman–Crippen LogP) is 0.779. The molecule has 0 saturated heterocycles. The predicted molar refractivity (Wildman–Crippen MR) is 46.7 cm³/mol. The second-order valence-corrected chi connectivity index (χ2v) is 4.09. The molecule has 1 atom stereocenters. The van der Waals surface area contributed by atoms with E-state index in [-0.39, 0.29) is 0 Å². The number of rotatable bonds is 6. The van der Waals surface area contributed by atoms with Gasteiger partial charge in [-0.2, -0.15) is 13.2 Å². The van der Waals surface area contributed by atoms with Gasteiger partial charge in [-0.25, -0.2) is 4.79 Å². The van der Waals surface area contributed by atoms with E-state index in [4.69, 9.17) is 0 Å². The summed E-state index contributed by atoms with van der Waals surface area (Å²) in [6.07, 6.45) is -4.89. The monoisotopic (exact) mass is 277 g/mol. The summed E-state index contributed by atoms with van der Waals surface area (Å²) in [4.78, 5) is 21.3. The fourth-order valence-corrected chi connectivity index (χ4v) is 0.943. The third-order valence-corrected chi connectivity index (χ3v) is 2.32. The number of hydrogen-bond acceptors (Lipinski definition) is 6. The summed E-state index contributed by atoms with van der Waals surface area (Å²) in [6, 6.07) is 0. The highest BCUT2D eigenvalue weighted by Gasteiger charge is 2.37. The number of carbonyl (C=O) groups excluding carboxylic acids is 1. The summed E-state index contributed by atoms with van der Waals surface area (Å²) in [7, 11) is -3.64. The molecule has 0 amide bonds. The number of carbonyl (C=O) groups is 1. The van der Waals surface area contributed by atoms with Gasteiger partial charge in [0.2, 0.25) is 0 Å². The molecule has 0 rings (SSSR count). The van der Waals surface area contributed by atoms with Gasteiger partial charge in [-0.05, 0) is 0 Å². The molecule has 0 heterocycles. The third kappa shape index (κ3) is 6.42. The Labute approximate surface area is 94.6 Å². The lowest BCUT2D eigenvalue weighted by Crippen LogP contribution is -2.22. The van der Waals surface area contributed by atoms with Gasteiger partial charge in [0, 0.05) is 7.11 Å². The molecule has 17 heavy (non-hydrogen) atoms. The van der Waals surface area contributed by atoms with Crippen molar-refractivity contribution in [2.45, 2.75) is 6.18 Å². The van der Waals surface area contributed by atoms with Gasteiger partial charge in [0.25, 0.3) is 7.82 Å². The second kappa shape index (κ2) is 6.15. The number of ether oxygens (including phenoxy) is 1. The molecule has 0 aromatic heterocycles. The van der Waals surface area contributed by atoms with E-state index in [2.05, 4.69) is 20.4 Å². The fourth-order valence-electron chi connectivity index (χ4n) is 0.539. The van der Waals surface area contributed by atoms with Crippen molar-refractivity contribution in [3.05, 3.63) is 12.2 Å². The van der Waals surface area contributed by atoms with Crippen molar-refractivity contribution in [3.63, 3.8) is 0 Å². The first-order chi connectivity index (χ1) is 7.60. The molecule has 0 aromatic rings. The molecule has 0 aliphatic heterocycles. The first-order valence-electron chi connectivity index (χ1n) is 4.04. The van der Waals surface area contributed by atoms with Crippen molar-refractivity contribution in [1.82, 2.24) is 0 Å². The highest BCUT2D eigenvalue weighted by atomic mass is 31.2. The topological polar surface area (TPSA) is 84.9 Å². The van der Waals surface area contributed by atoms with E-state index in [9.17, 15) is 27.4 Å². The molecule has 0 aromatic carbocycles. The maximum Gasteiger partial charge on any atom is 0.422 e. The molecular formula is C7H9F3O6P-. The average Bonchev–Trinajstić information content (AvgIpc) is 2.21. The molecule has 0 bridgehead atoms. The van der Waals surface area contributed by atoms with Gasteiger partial charge < -0.3 is 18.7 Å². The lowest BCUT2D eigenvalue weighted by molar-refractivity contribution is -0.224. The van der Waals surface area contributed by atoms with Gasteiger partial charge in [-0.3, -0.25) is 4.57 Å². The average molecular weight is 277 g/mol. The summed E-state index contributed by atoms with van der Waals surface area (Å²) in [6.45, 7) is 1.16. The minimum atomic E-state index is -4.89. The zero-order valence-corrected chi connectivity index (χ0v) is 9.55. The lowest BCUT2D eigenvalue weighted by Gasteiger charge is -2.20. The molecule has 0 spiro atoms. The van der Waals surface area contributed by atoms with Crippen molar-refractivity contribution in [3.8, 4) is 0 Å². The molecule has 0 aliphatic carbocycles. The fraction of sp³-hybridized carbons (Fsp3) is 0.571. The van der Waals surface area contributed by atoms with Crippen molar-refractivity contribution in [2.75, 3.05) is 20.3 Å². The van der Waals surface area contributed by atoms with E-state index in [1.165, 1.54) is 0 Å². The first-order valence-corrected chi connectivity index (χ1v) is 5.51. The van der Waals surface area contributed by atoms with Crippen molar-refractivity contribution in [1.29, 1.82) is 0 Å². The van der Waals surface area contributed by atoms with Gasteiger partial charge >= 0.3 is 12.1 Å². The van der Waals surface area contributed by atoms with Crippen LogP contribution in [0, 0.1) is 0 Å². The Hall–Kier alpha value is -0.890. The van der Waals surface area contributed by atoms with Gasteiger partial charge in [-0.1, -0.05) is 6.58 Å². The van der Waals surface area contributed by atoms with Crippen LogP contribution in [-0.4, -0.2) is 32.5 Å². The van der Waals surface area contributed by atoms with Gasteiger partial charge in [0.15, 0.2) is 0 Å². The van der Waals surface area contributed by atoms with Crippen LogP contribution >= 0.6 is 7.82 Å². The van der Waals surface area contributed by atoms with E-state index in [0.717, 1.165) is 7.11 Å². The number of phosphoric ester groups is 1. The second-order valence-electron chi connectivity index (χ2n) is 2.58. The van der Waals surface area contributed by atoms with Crippen LogP contribution < -0.4 is 4.89 Å². The number of esters is 1. The van der Waals surface area contributed by atoms with Crippen LogP contribution in [0.5, 0.6) is 0 Å². The lowest BCUT2D eigenvalue weighted by atomic mass is 10.3. The molecule has 0 fully saturated rings. The molecule has 0 aliphatic rings. The molecule has 10 heteroatoms. The Morgan fingerprint density at radius 2 is 1.94 bits per heavy atom. The summed E-state index contributed by atoms with van der Waals surface area (Å²) < 4.78 is 58.3. The number of alkyl halides is 3. The van der Waals surface area contributed by atoms with E-state index >= 15 is 0 Å². The molecule has 6 nitrogen and oxygen atoms in total. The first kappa shape index (κ1) is 16.1. The molecular weight excluding hydrogens is 268 g/mol. The highest BCUT2D eigenvalue weighted by Crippen LogP contribution is 2.36. The Bertz CT molecular complexity index is 339. The maximum absolute atomic E-state index is 11.9. The van der Waals surface area contributed by atoms with E-state index in [0.29, 0.717) is 0 Å². The van der Waals surface area contributed by atoms with Crippen LogP contribution in [0.4, 0.5) is 13.2 Å². The van der Waals surface area contributed by atoms with E-state index in [1.807, 2.05) is 0 Å². The zero-order chi connectivity index (χ0) is 13.7. The Balaban J connectivity index is 3.96. The standard InChI is InChI=1S/C7H10F3O6P/c1-5(7(8,9)10)6(11)15-3-4-16-17(12,13)14-2/h1,3-4H2,2H3,(H,12,13)/p-1. The van der Waals surface area contributed by atoms with E-state index < -0.39 is 38.8 Å². The zero-order valence-electron chi connectivity index (χ0n) is 8.65. The molecule has 0 radical (unpaired) electrons. The summed E-state index contributed by atoms with van der Waals surface area (Å²) in [5, 5.41) is 0. The smallest absolute Gasteiger partial charge is 0.422 e. The molecule has 100 valence electrons. The van der Waals surface area contributed by atoms with Gasteiger partial charge in [0.05, 0.1) is 6.61 Å². The van der Waals surface area contributed by atoms with Crippen LogP contribution in [0.1, 0.15) is 0 Å². The highest BCUT2D eigenvalue weighted by molar-refractivity contribution is 7.45. The Kier molecular flexibility index (Phi) is 5.83. The van der Waals surface area contributed by atoms with Gasteiger partial charge in [0.1, 0.15) is 12.2 Å². The number of hydrogen-bond donors (Lipinski definition) is 0. The van der Waals surface area contributed by atoms with Crippen molar-refractivity contribution >= 4 is 13.8 Å². The van der Waals surface area contributed by atoms with Crippen LogP contribution in [0.25, 0.3) is 0 Å². The van der Waals surface area contributed by atoms with Crippen LogP contribution in [0.2, 0.25) is 0 Å². The minimum absolute atomic E-state index is 0.647. The van der Waals surface area contributed by atoms with Crippen molar-refractivity contribution < 1.29 is 41.2 Å². The van der Waals surface area contributed by atoms with Gasteiger partial charge in [-0.15, -0.1) is 0 Å². The third-order valence-electron chi connectivity index (χ3n) is 1.38. The SMILES string of the molecule is C=C(C(=O)OCCOP(=O)([O-])OC)C(F)(F)F. The van der Waals surface area contributed by atoms with Crippen LogP contribution in [0.15, 0.2) is 12.2 Å².